The number of carbonyl (C=O) groups excluding carboxylic acids is 1. The summed E-state index contributed by atoms with van der Waals surface area (Å²) in [4.78, 5) is 18.2. The van der Waals surface area contributed by atoms with Gasteiger partial charge in [-0.15, -0.1) is 11.8 Å². The maximum absolute atomic E-state index is 13.5. The van der Waals surface area contributed by atoms with Crippen LogP contribution in [0, 0.1) is 0 Å². The predicted octanol–water partition coefficient (Wildman–Crippen LogP) is 5.02. The second-order valence-corrected chi connectivity index (χ2v) is 9.70. The molecule has 1 aliphatic heterocycles. The maximum Gasteiger partial charge on any atom is 0.257 e. The summed E-state index contributed by atoms with van der Waals surface area (Å²) in [5, 5.41) is 11.3. The number of aliphatic hydroxyl groups is 1. The minimum atomic E-state index is -1.19. The van der Waals surface area contributed by atoms with E-state index in [0.29, 0.717) is 18.1 Å². The van der Waals surface area contributed by atoms with Crippen LogP contribution in [0.1, 0.15) is 16.4 Å². The third kappa shape index (κ3) is 5.53. The minimum absolute atomic E-state index is 0.308. The lowest BCUT2D eigenvalue weighted by molar-refractivity contribution is -0.126. The molecule has 0 radical (unpaired) electrons. The van der Waals surface area contributed by atoms with Crippen molar-refractivity contribution in [1.29, 1.82) is 0 Å². The van der Waals surface area contributed by atoms with E-state index in [1.54, 1.807) is 18.1 Å². The predicted molar refractivity (Wildman–Crippen MR) is 134 cm³/mol. The smallest absolute Gasteiger partial charge is 0.257 e. The van der Waals surface area contributed by atoms with Gasteiger partial charge in [-0.2, -0.15) is 0 Å². The molecule has 0 saturated carbocycles. The molecular formula is C26H27ClN2O3S. The molecule has 172 valence electrons. The van der Waals surface area contributed by atoms with Gasteiger partial charge in [0, 0.05) is 29.6 Å². The first-order valence-corrected chi connectivity index (χ1v) is 12.0. The van der Waals surface area contributed by atoms with Crippen LogP contribution >= 0.6 is 23.4 Å². The molecule has 3 aromatic rings. The molecule has 1 N–H and O–H groups in total. The Hall–Kier alpha value is -2.51. The molecule has 1 aliphatic rings. The molecule has 7 heteroatoms. The van der Waals surface area contributed by atoms with Crippen molar-refractivity contribution in [3.8, 4) is 5.75 Å². The number of ether oxygens (including phenoxy) is 1. The average molecular weight is 483 g/mol. The number of carbonyl (C=O) groups is 1. The molecule has 2 atom stereocenters. The van der Waals surface area contributed by atoms with E-state index in [9.17, 15) is 9.90 Å². The van der Waals surface area contributed by atoms with Crippen molar-refractivity contribution in [2.45, 2.75) is 22.8 Å². The van der Waals surface area contributed by atoms with Crippen molar-refractivity contribution in [3.63, 3.8) is 0 Å². The summed E-state index contributed by atoms with van der Waals surface area (Å²) >= 11 is 7.76. The maximum atomic E-state index is 13.5. The summed E-state index contributed by atoms with van der Waals surface area (Å²) in [6.45, 7) is 1.90. The third-order valence-corrected chi connectivity index (χ3v) is 7.32. The molecule has 0 bridgehead atoms. The Bertz CT molecular complexity index is 1090. The van der Waals surface area contributed by atoms with Gasteiger partial charge in [-0.05, 0) is 48.5 Å². The lowest BCUT2D eigenvalue weighted by atomic mass is 10.1. The summed E-state index contributed by atoms with van der Waals surface area (Å²) < 4.78 is 5.25. The number of aliphatic hydroxyl groups excluding tert-OH is 1. The lowest BCUT2D eigenvalue weighted by Crippen LogP contribution is -2.43. The quantitative estimate of drug-likeness (QED) is 0.512. The molecule has 5 nitrogen and oxygen atoms in total. The molecule has 0 saturated heterocycles. The number of halogens is 1. The van der Waals surface area contributed by atoms with Gasteiger partial charge < -0.3 is 19.6 Å². The highest BCUT2D eigenvalue weighted by Gasteiger charge is 2.37. The molecule has 0 aromatic heterocycles. The van der Waals surface area contributed by atoms with Gasteiger partial charge in [0.15, 0.2) is 0 Å². The molecule has 1 amide bonds. The van der Waals surface area contributed by atoms with Crippen molar-refractivity contribution in [2.75, 3.05) is 32.1 Å². The standard InChI is InChI=1S/C26H27ClN2O3S/c1-28(17-18-6-4-3-5-7-18)14-15-29-22-13-10-20(27)16-23(22)33-25(24(30)26(29)31)19-8-11-21(32-2)12-9-19/h3-13,16,24-25,30H,14-15,17H2,1-2H3. The monoisotopic (exact) mass is 482 g/mol. The molecule has 1 heterocycles. The number of amides is 1. The zero-order valence-electron chi connectivity index (χ0n) is 18.6. The van der Waals surface area contributed by atoms with Gasteiger partial charge in [-0.3, -0.25) is 4.79 Å². The number of fused-ring (bicyclic) bond motifs is 1. The van der Waals surface area contributed by atoms with Crippen molar-refractivity contribution in [1.82, 2.24) is 4.90 Å². The fourth-order valence-electron chi connectivity index (χ4n) is 3.93. The number of thioether (sulfide) groups is 1. The summed E-state index contributed by atoms with van der Waals surface area (Å²) in [5.41, 5.74) is 2.85. The topological polar surface area (TPSA) is 53.0 Å². The molecule has 2 unspecified atom stereocenters. The first-order valence-electron chi connectivity index (χ1n) is 10.8. The molecule has 0 aliphatic carbocycles. The molecule has 0 spiro atoms. The Kier molecular flexibility index (Phi) is 7.60. The Morgan fingerprint density at radius 2 is 1.82 bits per heavy atom. The van der Waals surface area contributed by atoms with Gasteiger partial charge in [-0.1, -0.05) is 54.1 Å². The normalized spacial score (nSPS) is 18.2. The van der Waals surface area contributed by atoms with Crippen molar-refractivity contribution in [3.05, 3.63) is 88.9 Å². The fraction of sp³-hybridized carbons (Fsp3) is 0.269. The van der Waals surface area contributed by atoms with E-state index in [-0.39, 0.29) is 5.91 Å². The Morgan fingerprint density at radius 1 is 1.09 bits per heavy atom. The molecule has 33 heavy (non-hydrogen) atoms. The first kappa shape index (κ1) is 23.6. The number of hydrogen-bond acceptors (Lipinski definition) is 5. The highest BCUT2D eigenvalue weighted by atomic mass is 35.5. The van der Waals surface area contributed by atoms with Crippen LogP contribution in [-0.2, 0) is 11.3 Å². The van der Waals surface area contributed by atoms with E-state index in [0.717, 1.165) is 28.4 Å². The second kappa shape index (κ2) is 10.6. The van der Waals surface area contributed by atoms with E-state index in [4.69, 9.17) is 16.3 Å². The second-order valence-electron chi connectivity index (χ2n) is 8.08. The molecule has 4 rings (SSSR count). The van der Waals surface area contributed by atoms with Gasteiger partial charge in [0.2, 0.25) is 0 Å². The van der Waals surface area contributed by atoms with Gasteiger partial charge in [0.1, 0.15) is 11.9 Å². The zero-order chi connectivity index (χ0) is 23.4. The number of likely N-dealkylation sites (N-methyl/N-ethyl adjacent to an activating group) is 1. The van der Waals surface area contributed by atoms with Crippen molar-refractivity contribution >= 4 is 35.0 Å². The Morgan fingerprint density at radius 3 is 2.52 bits per heavy atom. The van der Waals surface area contributed by atoms with Crippen LogP contribution < -0.4 is 9.64 Å². The SMILES string of the molecule is COc1ccc(C2Sc3cc(Cl)ccc3N(CCN(C)Cc3ccccc3)C(=O)C2O)cc1. The Balaban J connectivity index is 1.58. The molecular weight excluding hydrogens is 456 g/mol. The van der Waals surface area contributed by atoms with Crippen molar-refractivity contribution < 1.29 is 14.6 Å². The number of anilines is 1. The van der Waals surface area contributed by atoms with E-state index >= 15 is 0 Å². The highest BCUT2D eigenvalue weighted by Crippen LogP contribution is 2.46. The largest absolute Gasteiger partial charge is 0.497 e. The number of rotatable bonds is 7. The van der Waals surface area contributed by atoms with Gasteiger partial charge >= 0.3 is 0 Å². The van der Waals surface area contributed by atoms with Crippen molar-refractivity contribution in [2.24, 2.45) is 0 Å². The van der Waals surface area contributed by atoms with Crippen LogP contribution in [0.3, 0.4) is 0 Å². The van der Waals surface area contributed by atoms with Crippen LogP contribution in [0.5, 0.6) is 5.75 Å². The number of methoxy groups -OCH3 is 1. The van der Waals surface area contributed by atoms with Crippen LogP contribution in [0.2, 0.25) is 5.02 Å². The third-order valence-electron chi connectivity index (χ3n) is 5.72. The average Bonchev–Trinajstić information content (AvgIpc) is 2.93. The van der Waals surface area contributed by atoms with E-state index in [1.165, 1.54) is 17.3 Å². The van der Waals surface area contributed by atoms with Gasteiger partial charge in [0.25, 0.3) is 5.91 Å². The summed E-state index contributed by atoms with van der Waals surface area (Å²) in [5.74, 6) is 0.419. The Labute approximate surface area is 203 Å². The lowest BCUT2D eigenvalue weighted by Gasteiger charge is -2.27. The number of benzene rings is 3. The van der Waals surface area contributed by atoms with Gasteiger partial charge in [-0.25, -0.2) is 0 Å². The molecule has 0 fully saturated rings. The van der Waals surface area contributed by atoms with Crippen LogP contribution in [0.25, 0.3) is 0 Å². The highest BCUT2D eigenvalue weighted by molar-refractivity contribution is 7.99. The molecule has 3 aromatic carbocycles. The fourth-order valence-corrected chi connectivity index (χ4v) is 5.48. The summed E-state index contributed by atoms with van der Waals surface area (Å²) in [7, 11) is 3.64. The zero-order valence-corrected chi connectivity index (χ0v) is 20.2. The minimum Gasteiger partial charge on any atom is -0.497 e. The van der Waals surface area contributed by atoms with Crippen LogP contribution in [-0.4, -0.2) is 49.3 Å². The summed E-state index contributed by atoms with van der Waals surface area (Å²) in [6.07, 6.45) is -1.19. The van der Waals surface area contributed by atoms with Crippen LogP contribution in [0.15, 0.2) is 77.7 Å². The summed E-state index contributed by atoms with van der Waals surface area (Å²) in [6, 6.07) is 23.2. The first-order chi connectivity index (χ1) is 16.0. The van der Waals surface area contributed by atoms with Gasteiger partial charge in [0.05, 0.1) is 18.0 Å². The van der Waals surface area contributed by atoms with E-state index < -0.39 is 11.4 Å². The van der Waals surface area contributed by atoms with E-state index in [1.807, 2.05) is 61.6 Å². The van der Waals surface area contributed by atoms with Crippen LogP contribution in [0.4, 0.5) is 5.69 Å². The number of hydrogen-bond donors (Lipinski definition) is 1. The number of nitrogens with zero attached hydrogens (tertiary/aromatic N) is 2. The van der Waals surface area contributed by atoms with E-state index in [2.05, 4.69) is 17.0 Å².